The summed E-state index contributed by atoms with van der Waals surface area (Å²) < 4.78 is 13.9. The Hall–Kier alpha value is -0.250. The van der Waals surface area contributed by atoms with E-state index in [1.807, 2.05) is 17.8 Å². The molecule has 1 aromatic rings. The molecule has 1 saturated heterocycles. The highest BCUT2D eigenvalue weighted by Gasteiger charge is 2.27. The van der Waals surface area contributed by atoms with E-state index in [1.54, 1.807) is 6.07 Å². The first-order chi connectivity index (χ1) is 8.22. The molecule has 1 aromatic carbocycles. The molecule has 0 spiro atoms. The molecule has 1 N–H and O–H groups in total. The minimum Gasteiger partial charge on any atom is -0.310 e. The molecule has 2 rings (SSSR count). The molecule has 0 saturated carbocycles. The lowest BCUT2D eigenvalue weighted by molar-refractivity contribution is 0.388. The molecule has 2 atom stereocenters. The van der Waals surface area contributed by atoms with E-state index in [4.69, 9.17) is 11.6 Å². The first-order valence-corrected chi connectivity index (χ1v) is 7.51. The summed E-state index contributed by atoms with van der Waals surface area (Å²) in [5.41, 5.74) is 0.753. The smallest absolute Gasteiger partial charge is 0.129 e. The SMILES string of the molecule is CCNC(c1ccc(Cl)cc1F)C1CCSC1. The van der Waals surface area contributed by atoms with Crippen LogP contribution in [0, 0.1) is 11.7 Å². The molecule has 0 aromatic heterocycles. The van der Waals surface area contributed by atoms with Gasteiger partial charge in [-0.25, -0.2) is 4.39 Å². The summed E-state index contributed by atoms with van der Waals surface area (Å²) in [5, 5.41) is 3.87. The average Bonchev–Trinajstić information content (AvgIpc) is 2.80. The van der Waals surface area contributed by atoms with Gasteiger partial charge in [-0.3, -0.25) is 0 Å². The van der Waals surface area contributed by atoms with Crippen LogP contribution in [0.15, 0.2) is 18.2 Å². The molecule has 1 aliphatic rings. The van der Waals surface area contributed by atoms with Gasteiger partial charge >= 0.3 is 0 Å². The molecule has 2 unspecified atom stereocenters. The van der Waals surface area contributed by atoms with Crippen molar-refractivity contribution < 1.29 is 4.39 Å². The van der Waals surface area contributed by atoms with E-state index in [-0.39, 0.29) is 11.9 Å². The van der Waals surface area contributed by atoms with Crippen molar-refractivity contribution >= 4 is 23.4 Å². The van der Waals surface area contributed by atoms with E-state index < -0.39 is 0 Å². The maximum Gasteiger partial charge on any atom is 0.129 e. The zero-order chi connectivity index (χ0) is 12.3. The quantitative estimate of drug-likeness (QED) is 0.893. The third-order valence-corrected chi connectivity index (χ3v) is 4.58. The van der Waals surface area contributed by atoms with Gasteiger partial charge in [0.05, 0.1) is 0 Å². The maximum absolute atomic E-state index is 13.9. The summed E-state index contributed by atoms with van der Waals surface area (Å²) in [4.78, 5) is 0. The lowest BCUT2D eigenvalue weighted by atomic mass is 9.92. The van der Waals surface area contributed by atoms with Crippen molar-refractivity contribution in [3.8, 4) is 0 Å². The lowest BCUT2D eigenvalue weighted by Crippen LogP contribution is -2.29. The molecular formula is C13H17ClFNS. The molecule has 0 radical (unpaired) electrons. The molecule has 4 heteroatoms. The van der Waals surface area contributed by atoms with Gasteiger partial charge in [0.25, 0.3) is 0 Å². The second-order valence-corrected chi connectivity index (χ2v) is 5.91. The minimum atomic E-state index is -0.194. The van der Waals surface area contributed by atoms with Crippen molar-refractivity contribution in [3.63, 3.8) is 0 Å². The van der Waals surface area contributed by atoms with E-state index in [1.165, 1.54) is 11.8 Å². The van der Waals surface area contributed by atoms with Crippen LogP contribution in [0.4, 0.5) is 4.39 Å². The highest BCUT2D eigenvalue weighted by molar-refractivity contribution is 7.99. The standard InChI is InChI=1S/C13H17ClFNS/c1-2-16-13(9-5-6-17-8-9)11-4-3-10(14)7-12(11)15/h3-4,7,9,13,16H,2,5-6,8H2,1H3. The van der Waals surface area contributed by atoms with Crippen LogP contribution in [0.1, 0.15) is 24.9 Å². The number of nitrogens with one attached hydrogen (secondary N) is 1. The van der Waals surface area contributed by atoms with Gasteiger partial charge in [0.15, 0.2) is 0 Å². The van der Waals surface area contributed by atoms with E-state index in [0.29, 0.717) is 10.9 Å². The van der Waals surface area contributed by atoms with Crippen LogP contribution in [0.5, 0.6) is 0 Å². The fourth-order valence-corrected chi connectivity index (χ4v) is 3.78. The predicted octanol–water partition coefficient (Wildman–Crippen LogP) is 3.88. The largest absolute Gasteiger partial charge is 0.310 e. The number of hydrogen-bond acceptors (Lipinski definition) is 2. The molecule has 17 heavy (non-hydrogen) atoms. The van der Waals surface area contributed by atoms with Gasteiger partial charge in [-0.2, -0.15) is 11.8 Å². The number of halogens is 2. The number of thioether (sulfide) groups is 1. The molecule has 94 valence electrons. The van der Waals surface area contributed by atoms with Gasteiger partial charge in [0, 0.05) is 16.6 Å². The molecule has 1 nitrogen and oxygen atoms in total. The topological polar surface area (TPSA) is 12.0 Å². The van der Waals surface area contributed by atoms with Crippen LogP contribution in [0.25, 0.3) is 0 Å². The van der Waals surface area contributed by atoms with E-state index in [0.717, 1.165) is 24.3 Å². The van der Waals surface area contributed by atoms with Crippen LogP contribution in [0.2, 0.25) is 5.02 Å². The minimum absolute atomic E-state index is 0.118. The van der Waals surface area contributed by atoms with Crippen molar-refractivity contribution in [2.75, 3.05) is 18.1 Å². The number of rotatable bonds is 4. The Morgan fingerprint density at radius 3 is 3.00 bits per heavy atom. The summed E-state index contributed by atoms with van der Waals surface area (Å²) in [6.45, 7) is 2.91. The molecular weight excluding hydrogens is 257 g/mol. The van der Waals surface area contributed by atoms with Crippen molar-refractivity contribution in [1.82, 2.24) is 5.32 Å². The van der Waals surface area contributed by atoms with E-state index >= 15 is 0 Å². The van der Waals surface area contributed by atoms with E-state index in [2.05, 4.69) is 12.2 Å². The molecule has 0 bridgehead atoms. The maximum atomic E-state index is 13.9. The summed E-state index contributed by atoms with van der Waals surface area (Å²) in [5.74, 6) is 2.62. The van der Waals surface area contributed by atoms with Crippen LogP contribution in [-0.2, 0) is 0 Å². The van der Waals surface area contributed by atoms with Crippen molar-refractivity contribution in [1.29, 1.82) is 0 Å². The highest BCUT2D eigenvalue weighted by atomic mass is 35.5. The summed E-state index contributed by atoms with van der Waals surface area (Å²) in [6.07, 6.45) is 1.16. The van der Waals surface area contributed by atoms with Gasteiger partial charge in [-0.15, -0.1) is 0 Å². The van der Waals surface area contributed by atoms with E-state index in [9.17, 15) is 4.39 Å². The normalized spacial score (nSPS) is 21.7. The highest BCUT2D eigenvalue weighted by Crippen LogP contribution is 2.35. The summed E-state index contributed by atoms with van der Waals surface area (Å²) >= 11 is 7.75. The third kappa shape index (κ3) is 3.15. The number of hydrogen-bond donors (Lipinski definition) is 1. The second kappa shape index (κ2) is 6.07. The first kappa shape index (κ1) is 13.2. The first-order valence-electron chi connectivity index (χ1n) is 5.98. The van der Waals surface area contributed by atoms with Crippen LogP contribution < -0.4 is 5.32 Å². The predicted molar refractivity (Wildman–Crippen MR) is 73.3 cm³/mol. The molecule has 1 fully saturated rings. The Morgan fingerprint density at radius 2 is 2.41 bits per heavy atom. The lowest BCUT2D eigenvalue weighted by Gasteiger charge is -2.24. The zero-order valence-corrected chi connectivity index (χ0v) is 11.5. The molecule has 0 aliphatic carbocycles. The molecule has 1 heterocycles. The van der Waals surface area contributed by atoms with Gasteiger partial charge < -0.3 is 5.32 Å². The summed E-state index contributed by atoms with van der Waals surface area (Å²) in [7, 11) is 0. The molecule has 1 aliphatic heterocycles. The van der Waals surface area contributed by atoms with Crippen LogP contribution in [-0.4, -0.2) is 18.1 Å². The van der Waals surface area contributed by atoms with Gasteiger partial charge in [-0.1, -0.05) is 24.6 Å². The van der Waals surface area contributed by atoms with Gasteiger partial charge in [0.1, 0.15) is 5.82 Å². The van der Waals surface area contributed by atoms with Gasteiger partial charge in [-0.05, 0) is 42.5 Å². The zero-order valence-electron chi connectivity index (χ0n) is 9.88. The fraction of sp³-hybridized carbons (Fsp3) is 0.538. The Labute approximate surface area is 111 Å². The van der Waals surface area contributed by atoms with Crippen molar-refractivity contribution in [2.24, 2.45) is 5.92 Å². The molecule has 0 amide bonds. The van der Waals surface area contributed by atoms with Crippen LogP contribution >= 0.6 is 23.4 Å². The average molecular weight is 274 g/mol. The number of benzene rings is 1. The third-order valence-electron chi connectivity index (χ3n) is 3.16. The Kier molecular flexibility index (Phi) is 4.71. The Morgan fingerprint density at radius 1 is 1.59 bits per heavy atom. The van der Waals surface area contributed by atoms with Crippen molar-refractivity contribution in [2.45, 2.75) is 19.4 Å². The Bertz CT molecular complexity index is 380. The monoisotopic (exact) mass is 273 g/mol. The Balaban J connectivity index is 2.24. The summed E-state index contributed by atoms with van der Waals surface area (Å²) in [6, 6.07) is 5.11. The second-order valence-electron chi connectivity index (χ2n) is 4.32. The van der Waals surface area contributed by atoms with Crippen molar-refractivity contribution in [3.05, 3.63) is 34.6 Å². The van der Waals surface area contributed by atoms with Crippen LogP contribution in [0.3, 0.4) is 0 Å². The fourth-order valence-electron chi connectivity index (χ4n) is 2.32. The van der Waals surface area contributed by atoms with Gasteiger partial charge in [0.2, 0.25) is 0 Å².